The lowest BCUT2D eigenvalue weighted by Crippen LogP contribution is -2.27. The Kier molecular flexibility index (Phi) is 4.14. The molecule has 0 heterocycles. The number of nitro benzene ring substituents is 1. The molecule has 0 unspecified atom stereocenters. The topological polar surface area (TPSA) is 63.4 Å². The molecule has 0 atom stereocenters. The molecule has 0 N–H and O–H groups in total. The lowest BCUT2D eigenvalue weighted by Gasteiger charge is -2.25. The molecular weight excluding hydrogens is 244 g/mol. The average Bonchev–Trinajstić information content (AvgIpc) is 3.23. The summed E-state index contributed by atoms with van der Waals surface area (Å²) in [5.74, 6) is 0. The normalized spacial score (nSPS) is 14.2. The number of hydrogen-bond acceptors (Lipinski definition) is 4. The van der Waals surface area contributed by atoms with Crippen LogP contribution in [0, 0.1) is 10.1 Å². The van der Waals surface area contributed by atoms with Crippen molar-refractivity contribution in [3.63, 3.8) is 0 Å². The number of benzene rings is 1. The van der Waals surface area contributed by atoms with Gasteiger partial charge in [-0.1, -0.05) is 13.3 Å². The van der Waals surface area contributed by atoms with Crippen molar-refractivity contribution in [1.29, 1.82) is 0 Å². The molecule has 0 spiro atoms. The van der Waals surface area contributed by atoms with E-state index in [1.54, 1.807) is 6.07 Å². The second-order valence-corrected chi connectivity index (χ2v) is 4.90. The van der Waals surface area contributed by atoms with Crippen molar-refractivity contribution in [3.8, 4) is 0 Å². The molecule has 5 heteroatoms. The number of anilines is 1. The van der Waals surface area contributed by atoms with Gasteiger partial charge in [-0.15, -0.1) is 0 Å². The molecule has 0 amide bonds. The van der Waals surface area contributed by atoms with Gasteiger partial charge in [0.05, 0.1) is 4.92 Å². The maximum atomic E-state index is 11.2. The van der Waals surface area contributed by atoms with Gasteiger partial charge in [0.2, 0.25) is 0 Å². The minimum absolute atomic E-state index is 0.0305. The Morgan fingerprint density at radius 3 is 2.74 bits per heavy atom. The van der Waals surface area contributed by atoms with Crippen LogP contribution in [0.2, 0.25) is 0 Å². The van der Waals surface area contributed by atoms with Gasteiger partial charge in [0.25, 0.3) is 5.69 Å². The highest BCUT2D eigenvalue weighted by atomic mass is 16.6. The third kappa shape index (κ3) is 3.10. The fraction of sp³-hybridized carbons (Fsp3) is 0.500. The van der Waals surface area contributed by atoms with Crippen molar-refractivity contribution in [2.45, 2.75) is 38.6 Å². The van der Waals surface area contributed by atoms with Gasteiger partial charge in [-0.2, -0.15) is 0 Å². The first-order chi connectivity index (χ1) is 9.17. The van der Waals surface area contributed by atoms with Crippen LogP contribution in [0.5, 0.6) is 0 Å². The molecule has 1 aliphatic rings. The molecule has 19 heavy (non-hydrogen) atoms. The lowest BCUT2D eigenvalue weighted by atomic mass is 10.1. The van der Waals surface area contributed by atoms with Crippen molar-refractivity contribution < 1.29 is 9.72 Å². The fourth-order valence-electron chi connectivity index (χ4n) is 2.23. The molecule has 5 nitrogen and oxygen atoms in total. The lowest BCUT2D eigenvalue weighted by molar-refractivity contribution is -0.384. The highest BCUT2D eigenvalue weighted by Crippen LogP contribution is 2.34. The number of rotatable bonds is 7. The predicted octanol–water partition coefficient (Wildman–Crippen LogP) is 3.18. The molecule has 2 rings (SSSR count). The molecule has 0 saturated heterocycles. The van der Waals surface area contributed by atoms with Gasteiger partial charge in [0, 0.05) is 36.0 Å². The van der Waals surface area contributed by atoms with Crippen LogP contribution in [0.25, 0.3) is 0 Å². The van der Waals surface area contributed by atoms with Crippen LogP contribution in [0.3, 0.4) is 0 Å². The molecule has 0 bridgehead atoms. The van der Waals surface area contributed by atoms with Crippen LogP contribution in [-0.4, -0.2) is 23.8 Å². The third-order valence-electron chi connectivity index (χ3n) is 3.40. The number of unbranched alkanes of at least 4 members (excludes halogenated alkanes) is 1. The van der Waals surface area contributed by atoms with Gasteiger partial charge in [-0.25, -0.2) is 0 Å². The van der Waals surface area contributed by atoms with E-state index in [1.165, 1.54) is 12.1 Å². The van der Waals surface area contributed by atoms with Gasteiger partial charge in [0.1, 0.15) is 0 Å². The average molecular weight is 262 g/mol. The standard InChI is InChI=1S/C14H18N2O3/c1-2-3-8-15(12-4-5-12)14-7-6-13(16(18)19)9-11(14)10-17/h6-7,9-10,12H,2-5,8H2,1H3. The zero-order chi connectivity index (χ0) is 13.8. The van der Waals surface area contributed by atoms with E-state index in [2.05, 4.69) is 11.8 Å². The summed E-state index contributed by atoms with van der Waals surface area (Å²) in [5, 5.41) is 10.7. The monoisotopic (exact) mass is 262 g/mol. The first-order valence-corrected chi connectivity index (χ1v) is 6.67. The molecule has 1 fully saturated rings. The van der Waals surface area contributed by atoms with E-state index in [9.17, 15) is 14.9 Å². The van der Waals surface area contributed by atoms with Gasteiger partial charge in [-0.3, -0.25) is 14.9 Å². The number of nitrogens with zero attached hydrogens (tertiary/aromatic N) is 2. The Labute approximate surface area is 112 Å². The van der Waals surface area contributed by atoms with Gasteiger partial charge in [0.15, 0.2) is 6.29 Å². The van der Waals surface area contributed by atoms with Crippen molar-refractivity contribution in [2.75, 3.05) is 11.4 Å². The van der Waals surface area contributed by atoms with E-state index < -0.39 is 4.92 Å². The van der Waals surface area contributed by atoms with Crippen molar-refractivity contribution >= 4 is 17.7 Å². The van der Waals surface area contributed by atoms with E-state index in [0.29, 0.717) is 17.9 Å². The maximum Gasteiger partial charge on any atom is 0.270 e. The van der Waals surface area contributed by atoms with Crippen molar-refractivity contribution in [3.05, 3.63) is 33.9 Å². The van der Waals surface area contributed by atoms with Crippen LogP contribution in [0.15, 0.2) is 18.2 Å². The molecule has 1 aliphatic carbocycles. The largest absolute Gasteiger partial charge is 0.368 e. The van der Waals surface area contributed by atoms with Crippen molar-refractivity contribution in [1.82, 2.24) is 0 Å². The van der Waals surface area contributed by atoms with E-state index in [4.69, 9.17) is 0 Å². The van der Waals surface area contributed by atoms with Crippen molar-refractivity contribution in [2.24, 2.45) is 0 Å². The minimum atomic E-state index is -0.468. The second kappa shape index (κ2) is 5.82. The highest BCUT2D eigenvalue weighted by Gasteiger charge is 2.30. The molecule has 0 radical (unpaired) electrons. The van der Waals surface area contributed by atoms with Crippen LogP contribution in [-0.2, 0) is 0 Å². The number of non-ortho nitro benzene ring substituents is 1. The maximum absolute atomic E-state index is 11.2. The quantitative estimate of drug-likeness (QED) is 0.430. The first-order valence-electron chi connectivity index (χ1n) is 6.67. The summed E-state index contributed by atoms with van der Waals surface area (Å²) in [6.07, 6.45) is 5.14. The minimum Gasteiger partial charge on any atom is -0.368 e. The number of carbonyl (C=O) groups excluding carboxylic acids is 1. The Balaban J connectivity index is 2.30. The fourth-order valence-corrected chi connectivity index (χ4v) is 2.23. The predicted molar refractivity (Wildman–Crippen MR) is 73.8 cm³/mol. The first kappa shape index (κ1) is 13.5. The Morgan fingerprint density at radius 1 is 1.47 bits per heavy atom. The molecule has 1 saturated carbocycles. The van der Waals surface area contributed by atoms with Gasteiger partial charge < -0.3 is 4.90 Å². The zero-order valence-electron chi connectivity index (χ0n) is 11.0. The van der Waals surface area contributed by atoms with E-state index in [-0.39, 0.29) is 5.69 Å². The van der Waals surface area contributed by atoms with Crippen LogP contribution in [0.4, 0.5) is 11.4 Å². The summed E-state index contributed by atoms with van der Waals surface area (Å²) in [5.41, 5.74) is 1.21. The molecule has 0 aliphatic heterocycles. The summed E-state index contributed by atoms with van der Waals surface area (Å²) in [6.45, 7) is 3.03. The molecule has 1 aromatic rings. The number of nitro groups is 1. The Morgan fingerprint density at radius 2 is 2.21 bits per heavy atom. The van der Waals surface area contributed by atoms with Crippen LogP contribution >= 0.6 is 0 Å². The Hall–Kier alpha value is -1.91. The van der Waals surface area contributed by atoms with Gasteiger partial charge >= 0.3 is 0 Å². The SMILES string of the molecule is CCCCN(c1ccc([N+](=O)[O-])cc1C=O)C1CC1. The molecule has 0 aromatic heterocycles. The Bertz CT molecular complexity index is 484. The number of carbonyl (C=O) groups is 1. The molecular formula is C14H18N2O3. The summed E-state index contributed by atoms with van der Waals surface area (Å²) >= 11 is 0. The smallest absolute Gasteiger partial charge is 0.270 e. The highest BCUT2D eigenvalue weighted by molar-refractivity contribution is 5.86. The van der Waals surface area contributed by atoms with Gasteiger partial charge in [-0.05, 0) is 25.3 Å². The third-order valence-corrected chi connectivity index (χ3v) is 3.40. The summed E-state index contributed by atoms with van der Waals surface area (Å²) < 4.78 is 0. The van der Waals surface area contributed by atoms with Crippen LogP contribution in [0.1, 0.15) is 43.0 Å². The molecule has 102 valence electrons. The van der Waals surface area contributed by atoms with E-state index >= 15 is 0 Å². The van der Waals surface area contributed by atoms with Crippen LogP contribution < -0.4 is 4.90 Å². The summed E-state index contributed by atoms with van der Waals surface area (Å²) in [4.78, 5) is 23.7. The summed E-state index contributed by atoms with van der Waals surface area (Å²) in [6, 6.07) is 5.04. The number of hydrogen-bond donors (Lipinski definition) is 0. The zero-order valence-corrected chi connectivity index (χ0v) is 11.0. The van der Waals surface area contributed by atoms with E-state index in [0.717, 1.165) is 37.9 Å². The second-order valence-electron chi connectivity index (χ2n) is 4.90. The number of aldehydes is 1. The van der Waals surface area contributed by atoms with E-state index in [1.807, 2.05) is 0 Å². The summed E-state index contributed by atoms with van der Waals surface area (Å²) in [7, 11) is 0. The molecule has 1 aromatic carbocycles.